The fourth-order valence-corrected chi connectivity index (χ4v) is 5.99. The summed E-state index contributed by atoms with van der Waals surface area (Å²) in [5.74, 6) is -3.94. The third kappa shape index (κ3) is 9.96. The molecule has 2 amide bonds. The van der Waals surface area contributed by atoms with Gasteiger partial charge in [-0.1, -0.05) is 0 Å². The molecule has 0 aromatic heterocycles. The number of ether oxygens (including phenoxy) is 1. The molecule has 49 heavy (non-hydrogen) atoms. The fraction of sp³-hybridized carbons (Fsp3) is 0.154. The molecule has 3 aromatic rings. The van der Waals surface area contributed by atoms with Gasteiger partial charge in [-0.05, 0) is 66.7 Å². The molecule has 0 aliphatic carbocycles. The molecule has 0 saturated carbocycles. The number of azo groups is 1. The number of carboxylic acid groups (broad SMARTS) is 1. The summed E-state index contributed by atoms with van der Waals surface area (Å²) in [5.41, 5.74) is -0.596. The van der Waals surface area contributed by atoms with Crippen molar-refractivity contribution in [2.24, 2.45) is 15.3 Å². The molecule has 4 N–H and O–H groups in total. The maximum Gasteiger partial charge on any atom is 0.397 e. The van der Waals surface area contributed by atoms with Crippen LogP contribution in [0, 0.1) is 0 Å². The Morgan fingerprint density at radius 1 is 0.939 bits per heavy atom. The zero-order valence-electron chi connectivity index (χ0n) is 25.2. The smallest absolute Gasteiger partial charge is 0.397 e. The van der Waals surface area contributed by atoms with Gasteiger partial charge in [-0.25, -0.2) is 17.4 Å². The van der Waals surface area contributed by atoms with Crippen LogP contribution < -0.4 is 15.1 Å². The molecule has 1 unspecified atom stereocenters. The Bertz CT molecular complexity index is 2160. The zero-order valence-corrected chi connectivity index (χ0v) is 29.6. The van der Waals surface area contributed by atoms with E-state index < -0.39 is 77.1 Å². The van der Waals surface area contributed by atoms with Crippen LogP contribution in [0.5, 0.6) is 5.75 Å². The molecule has 19 nitrogen and oxygen atoms in total. The molecule has 0 saturated heterocycles. The molecular weight excluding hydrogens is 725 g/mol. The number of carbonyl (C=O) groups excluding carboxylic acids is 2. The monoisotopic (exact) mass is 748 g/mol. The van der Waals surface area contributed by atoms with Gasteiger partial charge in [0.2, 0.25) is 6.04 Å². The SMILES string of the molecule is COc1ccc(S(=O)(=O)CCOS(=O)(=O)O)cc1NC(=O)c1ccc(N=NC2C(=O)N(c3ccc(S(=O)(=O)O)cc3)N=C2C(=O)O)cc1.[Na]. The van der Waals surface area contributed by atoms with Crippen molar-refractivity contribution >= 4 is 100 Å². The summed E-state index contributed by atoms with van der Waals surface area (Å²) in [5, 5.41) is 24.2. The van der Waals surface area contributed by atoms with Crippen LogP contribution in [0.4, 0.5) is 17.1 Å². The number of hydrogen-bond donors (Lipinski definition) is 4. The van der Waals surface area contributed by atoms with Gasteiger partial charge in [0, 0.05) is 35.1 Å². The summed E-state index contributed by atoms with van der Waals surface area (Å²) in [6, 6.07) is 11.3. The minimum Gasteiger partial charge on any atom is -0.495 e. The summed E-state index contributed by atoms with van der Waals surface area (Å²) in [6.45, 7) is -0.858. The third-order valence-corrected chi connectivity index (χ3v) is 9.30. The van der Waals surface area contributed by atoms with Crippen molar-refractivity contribution in [3.05, 3.63) is 72.3 Å². The van der Waals surface area contributed by atoms with Crippen molar-refractivity contribution in [2.75, 3.05) is 29.8 Å². The van der Waals surface area contributed by atoms with Gasteiger partial charge in [0.15, 0.2) is 15.5 Å². The van der Waals surface area contributed by atoms with Crippen LogP contribution in [-0.4, -0.2) is 118 Å². The predicted octanol–water partition coefficient (Wildman–Crippen LogP) is 1.35. The number of rotatable bonds is 13. The van der Waals surface area contributed by atoms with E-state index in [1.807, 2.05) is 0 Å². The van der Waals surface area contributed by atoms with Crippen molar-refractivity contribution in [1.29, 1.82) is 0 Å². The first-order chi connectivity index (χ1) is 22.4. The number of sulfone groups is 1. The first-order valence-electron chi connectivity index (χ1n) is 13.0. The minimum absolute atomic E-state index is 0. The van der Waals surface area contributed by atoms with E-state index in [4.69, 9.17) is 13.8 Å². The first-order valence-corrected chi connectivity index (χ1v) is 17.4. The number of hydrogen-bond acceptors (Lipinski definition) is 14. The summed E-state index contributed by atoms with van der Waals surface area (Å²) >= 11 is 0. The molecular formula is C26H23N5NaO14S3. The molecule has 0 fully saturated rings. The van der Waals surface area contributed by atoms with E-state index in [0.717, 1.165) is 36.4 Å². The van der Waals surface area contributed by atoms with Gasteiger partial charge >= 0.3 is 16.4 Å². The molecule has 23 heteroatoms. The Morgan fingerprint density at radius 3 is 2.10 bits per heavy atom. The Balaban J connectivity index is 0.00000650. The number of amides is 2. The van der Waals surface area contributed by atoms with Crippen LogP contribution in [-0.2, 0) is 44.1 Å². The van der Waals surface area contributed by atoms with Crippen LogP contribution in [0.3, 0.4) is 0 Å². The van der Waals surface area contributed by atoms with Gasteiger partial charge in [0.1, 0.15) is 5.75 Å². The molecule has 4 rings (SSSR count). The third-order valence-electron chi connectivity index (χ3n) is 6.29. The second-order valence-electron chi connectivity index (χ2n) is 9.46. The van der Waals surface area contributed by atoms with Crippen LogP contribution in [0.2, 0.25) is 0 Å². The van der Waals surface area contributed by atoms with Crippen molar-refractivity contribution in [3.63, 3.8) is 0 Å². The Kier molecular flexibility index (Phi) is 12.5. The number of anilines is 2. The van der Waals surface area contributed by atoms with E-state index >= 15 is 0 Å². The van der Waals surface area contributed by atoms with Gasteiger partial charge in [0.25, 0.3) is 21.9 Å². The number of aliphatic carboxylic acids is 1. The average Bonchev–Trinajstić information content (AvgIpc) is 3.35. The Morgan fingerprint density at radius 2 is 1.55 bits per heavy atom. The van der Waals surface area contributed by atoms with Gasteiger partial charge in [-0.2, -0.15) is 37.2 Å². The van der Waals surface area contributed by atoms with Gasteiger partial charge in [0.05, 0.1) is 46.3 Å². The topological polar surface area (TPSA) is 285 Å². The minimum atomic E-state index is -4.85. The van der Waals surface area contributed by atoms with E-state index in [9.17, 15) is 44.7 Å². The van der Waals surface area contributed by atoms with E-state index in [1.165, 1.54) is 37.4 Å². The Hall–Kier alpha value is -4.13. The summed E-state index contributed by atoms with van der Waals surface area (Å²) < 4.78 is 96.2. The van der Waals surface area contributed by atoms with Crippen LogP contribution >= 0.6 is 0 Å². The second kappa shape index (κ2) is 15.6. The molecule has 1 radical (unpaired) electrons. The van der Waals surface area contributed by atoms with Crippen LogP contribution in [0.25, 0.3) is 0 Å². The van der Waals surface area contributed by atoms with E-state index in [0.29, 0.717) is 5.01 Å². The van der Waals surface area contributed by atoms with Gasteiger partial charge in [-0.3, -0.25) is 18.7 Å². The van der Waals surface area contributed by atoms with Gasteiger partial charge < -0.3 is 15.2 Å². The number of carbonyl (C=O) groups is 3. The maximum atomic E-state index is 13.0. The van der Waals surface area contributed by atoms with Crippen molar-refractivity contribution in [2.45, 2.75) is 15.8 Å². The molecule has 1 aliphatic rings. The summed E-state index contributed by atoms with van der Waals surface area (Å²) in [4.78, 5) is 36.9. The van der Waals surface area contributed by atoms with E-state index in [2.05, 4.69) is 24.8 Å². The summed E-state index contributed by atoms with van der Waals surface area (Å²) in [7, 11) is -12.2. The van der Waals surface area contributed by atoms with Crippen molar-refractivity contribution in [3.8, 4) is 5.75 Å². The van der Waals surface area contributed by atoms with Crippen molar-refractivity contribution in [1.82, 2.24) is 0 Å². The number of nitrogens with one attached hydrogen (secondary N) is 1. The van der Waals surface area contributed by atoms with Crippen LogP contribution in [0.1, 0.15) is 10.4 Å². The quantitative estimate of drug-likeness (QED) is 0.109. The van der Waals surface area contributed by atoms with E-state index in [1.54, 1.807) is 0 Å². The maximum absolute atomic E-state index is 13.0. The molecule has 0 spiro atoms. The molecule has 3 aromatic carbocycles. The normalized spacial score (nSPS) is 15.1. The molecule has 1 heterocycles. The predicted molar refractivity (Wildman–Crippen MR) is 170 cm³/mol. The fourth-order valence-electron chi connectivity index (χ4n) is 4.00. The summed E-state index contributed by atoms with van der Waals surface area (Å²) in [6.07, 6.45) is 0. The molecule has 1 aliphatic heterocycles. The number of benzene rings is 3. The first kappa shape index (κ1) is 39.3. The number of methoxy groups -OCH3 is 1. The zero-order chi connectivity index (χ0) is 35.4. The second-order valence-corrected chi connectivity index (χ2v) is 14.1. The van der Waals surface area contributed by atoms with Crippen molar-refractivity contribution < 1.29 is 62.8 Å². The van der Waals surface area contributed by atoms with Gasteiger partial charge in [-0.15, -0.1) is 0 Å². The van der Waals surface area contributed by atoms with Crippen LogP contribution in [0.15, 0.2) is 91.9 Å². The standard InChI is InChI=1S/C26H23N5O14S3.Na/c1-44-21-11-10-19(46(36,37)13-12-45-48(41,42)43)14-20(21)27-24(32)15-2-4-16(5-3-15)28-29-22-23(26(34)35)30-31(25(22)33)17-6-8-18(9-7-17)47(38,39)40;/h2-11,14,22H,12-13H2,1H3,(H,27,32)(H,34,35)(H,38,39,40)(H,41,42,43);. The largest absolute Gasteiger partial charge is 0.495 e. The number of nitrogens with zero attached hydrogens (tertiary/aromatic N) is 4. The average molecular weight is 749 g/mol. The molecule has 0 bridgehead atoms. The molecule has 1 atom stereocenters. The number of hydrazone groups is 1. The van der Waals surface area contributed by atoms with E-state index in [-0.39, 0.29) is 62.8 Å². The number of carboxylic acids is 1. The Labute approximate surface area is 300 Å². The molecule has 255 valence electrons.